The molecule has 1 amide bonds. The fourth-order valence-electron chi connectivity index (χ4n) is 4.75. The van der Waals surface area contributed by atoms with E-state index in [4.69, 9.17) is 9.26 Å². The number of aromatic nitrogens is 2. The molecule has 2 saturated heterocycles. The number of carbonyl (C=O) groups excluding carboxylic acids is 1. The second-order valence-electron chi connectivity index (χ2n) is 8.94. The van der Waals surface area contributed by atoms with Crippen molar-refractivity contribution in [3.05, 3.63) is 65.5 Å². The molecule has 5 rings (SSSR count). The number of nitrogens with zero attached hydrogens (tertiary/aromatic N) is 4. The molecule has 2 aliphatic rings. The minimum atomic E-state index is 0.0966. The first-order valence-corrected chi connectivity index (χ1v) is 11.8. The molecule has 2 aliphatic heterocycles. The number of amides is 1. The van der Waals surface area contributed by atoms with E-state index in [1.807, 2.05) is 60.4 Å². The van der Waals surface area contributed by atoms with Crippen molar-refractivity contribution in [1.82, 2.24) is 15.0 Å². The Kier molecular flexibility index (Phi) is 6.39. The molecule has 0 N–H and O–H groups in total. The lowest BCUT2D eigenvalue weighted by molar-refractivity contribution is 0.0668. The number of anilines is 1. The van der Waals surface area contributed by atoms with E-state index >= 15 is 0 Å². The molecule has 2 aromatic carbocycles. The van der Waals surface area contributed by atoms with Gasteiger partial charge in [0.05, 0.1) is 13.2 Å². The molecule has 172 valence electrons. The van der Waals surface area contributed by atoms with Crippen LogP contribution in [0.4, 0.5) is 5.69 Å². The van der Waals surface area contributed by atoms with Crippen molar-refractivity contribution in [3.8, 4) is 11.4 Å². The molecule has 3 heterocycles. The van der Waals surface area contributed by atoms with Crippen molar-refractivity contribution in [2.75, 3.05) is 44.3 Å². The number of aryl methyl sites for hydroxylation is 1. The van der Waals surface area contributed by atoms with Gasteiger partial charge < -0.3 is 19.1 Å². The summed E-state index contributed by atoms with van der Waals surface area (Å²) in [6.45, 7) is 6.84. The van der Waals surface area contributed by atoms with Gasteiger partial charge in [-0.3, -0.25) is 4.79 Å². The maximum absolute atomic E-state index is 13.2. The molecule has 1 aromatic heterocycles. The highest BCUT2D eigenvalue weighted by atomic mass is 16.5. The minimum Gasteiger partial charge on any atom is -0.378 e. The normalized spacial score (nSPS) is 19.0. The standard InChI is InChI=1S/C26H30N4O3/c1-19-5-2-3-7-23(19)25-27-24(33-28-25)17-20-6-4-12-30(18-20)26(31)21-8-10-22(11-9-21)29-13-15-32-16-14-29/h2-3,5,7-11,20H,4,6,12-18H2,1H3/t20-/m1/s1. The number of benzene rings is 2. The third-order valence-electron chi connectivity index (χ3n) is 6.61. The Hall–Kier alpha value is -3.19. The highest BCUT2D eigenvalue weighted by Gasteiger charge is 2.26. The van der Waals surface area contributed by atoms with Crippen molar-refractivity contribution in [3.63, 3.8) is 0 Å². The zero-order valence-corrected chi connectivity index (χ0v) is 19.1. The summed E-state index contributed by atoms with van der Waals surface area (Å²) in [5, 5.41) is 4.18. The highest BCUT2D eigenvalue weighted by molar-refractivity contribution is 5.94. The Morgan fingerprint density at radius 3 is 2.64 bits per heavy atom. The van der Waals surface area contributed by atoms with Gasteiger partial charge in [-0.15, -0.1) is 0 Å². The SMILES string of the molecule is Cc1ccccc1-c1noc(C[C@H]2CCCN(C(=O)c3ccc(N4CCOCC4)cc3)C2)n1. The molecule has 0 bridgehead atoms. The Labute approximate surface area is 194 Å². The van der Waals surface area contributed by atoms with Crippen LogP contribution in [0.2, 0.25) is 0 Å². The first-order chi connectivity index (χ1) is 16.2. The number of hydrogen-bond donors (Lipinski definition) is 0. The van der Waals surface area contributed by atoms with Gasteiger partial charge >= 0.3 is 0 Å². The molecule has 0 unspecified atom stereocenters. The maximum Gasteiger partial charge on any atom is 0.253 e. The number of likely N-dealkylation sites (tertiary alicyclic amines) is 1. The van der Waals surface area contributed by atoms with Crippen LogP contribution < -0.4 is 4.90 Å². The van der Waals surface area contributed by atoms with Crippen LogP contribution in [0.25, 0.3) is 11.4 Å². The van der Waals surface area contributed by atoms with E-state index in [9.17, 15) is 4.79 Å². The third kappa shape index (κ3) is 4.93. The predicted octanol–water partition coefficient (Wildman–Crippen LogP) is 3.98. The summed E-state index contributed by atoms with van der Waals surface area (Å²) in [4.78, 5) is 22.0. The van der Waals surface area contributed by atoms with Gasteiger partial charge in [0, 0.05) is 49.4 Å². The predicted molar refractivity (Wildman–Crippen MR) is 126 cm³/mol. The van der Waals surface area contributed by atoms with Gasteiger partial charge in [-0.05, 0) is 55.5 Å². The summed E-state index contributed by atoms with van der Waals surface area (Å²) in [6, 6.07) is 16.0. The van der Waals surface area contributed by atoms with Crippen LogP contribution >= 0.6 is 0 Å². The number of piperidine rings is 1. The van der Waals surface area contributed by atoms with Crippen LogP contribution in [-0.4, -0.2) is 60.3 Å². The lowest BCUT2D eigenvalue weighted by Crippen LogP contribution is -2.40. The minimum absolute atomic E-state index is 0.0966. The van der Waals surface area contributed by atoms with E-state index in [0.717, 1.165) is 68.1 Å². The molecule has 0 radical (unpaired) electrons. The second-order valence-corrected chi connectivity index (χ2v) is 8.94. The zero-order chi connectivity index (χ0) is 22.6. The summed E-state index contributed by atoms with van der Waals surface area (Å²) in [5.41, 5.74) is 4.01. The van der Waals surface area contributed by atoms with Gasteiger partial charge in [-0.25, -0.2) is 0 Å². The second kappa shape index (κ2) is 9.75. The summed E-state index contributed by atoms with van der Waals surface area (Å²) >= 11 is 0. The van der Waals surface area contributed by atoms with Gasteiger partial charge in [0.25, 0.3) is 5.91 Å². The average molecular weight is 447 g/mol. The van der Waals surface area contributed by atoms with Crippen molar-refractivity contribution in [2.45, 2.75) is 26.2 Å². The zero-order valence-electron chi connectivity index (χ0n) is 19.1. The van der Waals surface area contributed by atoms with E-state index in [1.165, 1.54) is 0 Å². The van der Waals surface area contributed by atoms with E-state index < -0.39 is 0 Å². The summed E-state index contributed by atoms with van der Waals surface area (Å²) < 4.78 is 11.0. The van der Waals surface area contributed by atoms with Gasteiger partial charge in [0.2, 0.25) is 11.7 Å². The molecule has 7 heteroatoms. The maximum atomic E-state index is 13.2. The fourth-order valence-corrected chi connectivity index (χ4v) is 4.75. The van der Waals surface area contributed by atoms with Crippen LogP contribution in [0.1, 0.15) is 34.7 Å². The van der Waals surface area contributed by atoms with Crippen molar-refractivity contribution < 1.29 is 14.1 Å². The molecular weight excluding hydrogens is 416 g/mol. The Balaban J connectivity index is 1.21. The number of morpholine rings is 1. The van der Waals surface area contributed by atoms with E-state index in [-0.39, 0.29) is 5.91 Å². The largest absolute Gasteiger partial charge is 0.378 e. The molecular formula is C26H30N4O3. The van der Waals surface area contributed by atoms with Crippen molar-refractivity contribution >= 4 is 11.6 Å². The van der Waals surface area contributed by atoms with Crippen LogP contribution in [-0.2, 0) is 11.2 Å². The van der Waals surface area contributed by atoms with E-state index in [1.54, 1.807) is 0 Å². The van der Waals surface area contributed by atoms with Crippen LogP contribution in [0.5, 0.6) is 0 Å². The average Bonchev–Trinajstić information content (AvgIpc) is 3.33. The van der Waals surface area contributed by atoms with Crippen molar-refractivity contribution in [2.24, 2.45) is 5.92 Å². The Morgan fingerprint density at radius 1 is 1.06 bits per heavy atom. The smallest absolute Gasteiger partial charge is 0.253 e. The lowest BCUT2D eigenvalue weighted by atomic mass is 9.94. The van der Waals surface area contributed by atoms with E-state index in [2.05, 4.69) is 15.0 Å². The first-order valence-electron chi connectivity index (χ1n) is 11.8. The molecule has 0 spiro atoms. The van der Waals surface area contributed by atoms with Gasteiger partial charge in [0.1, 0.15) is 0 Å². The molecule has 3 aromatic rings. The van der Waals surface area contributed by atoms with Gasteiger partial charge in [-0.1, -0.05) is 29.4 Å². The molecule has 1 atom stereocenters. The monoisotopic (exact) mass is 446 g/mol. The number of rotatable bonds is 5. The van der Waals surface area contributed by atoms with Gasteiger partial charge in [-0.2, -0.15) is 4.98 Å². The molecule has 2 fully saturated rings. The highest BCUT2D eigenvalue weighted by Crippen LogP contribution is 2.25. The van der Waals surface area contributed by atoms with Gasteiger partial charge in [0.15, 0.2) is 0 Å². The molecule has 33 heavy (non-hydrogen) atoms. The molecule has 7 nitrogen and oxygen atoms in total. The van der Waals surface area contributed by atoms with E-state index in [0.29, 0.717) is 30.6 Å². The Morgan fingerprint density at radius 2 is 1.85 bits per heavy atom. The van der Waals surface area contributed by atoms with Crippen LogP contribution in [0.3, 0.4) is 0 Å². The van der Waals surface area contributed by atoms with Crippen LogP contribution in [0, 0.1) is 12.8 Å². The summed E-state index contributed by atoms with van der Waals surface area (Å²) in [7, 11) is 0. The summed E-state index contributed by atoms with van der Waals surface area (Å²) in [6.07, 6.45) is 2.74. The number of ether oxygens (including phenoxy) is 1. The Bertz CT molecular complexity index is 1090. The first kappa shape index (κ1) is 21.6. The molecule has 0 aliphatic carbocycles. The van der Waals surface area contributed by atoms with Crippen molar-refractivity contribution in [1.29, 1.82) is 0 Å². The summed E-state index contributed by atoms with van der Waals surface area (Å²) in [5.74, 6) is 1.69. The number of hydrogen-bond acceptors (Lipinski definition) is 6. The quantitative estimate of drug-likeness (QED) is 0.590. The lowest BCUT2D eigenvalue weighted by Gasteiger charge is -2.32. The number of carbonyl (C=O) groups is 1. The van der Waals surface area contributed by atoms with Crippen LogP contribution in [0.15, 0.2) is 53.1 Å². The molecule has 0 saturated carbocycles. The topological polar surface area (TPSA) is 71.7 Å². The fraction of sp³-hybridized carbons (Fsp3) is 0.423. The third-order valence-corrected chi connectivity index (χ3v) is 6.61.